The normalized spacial score (nSPS) is 31.6. The molecule has 1 saturated heterocycles. The monoisotopic (exact) mass is 316 g/mol. The summed E-state index contributed by atoms with van der Waals surface area (Å²) in [5, 5.41) is 29.6. The maximum Gasteiger partial charge on any atom is 0.330 e. The molecule has 0 aromatic carbocycles. The van der Waals surface area contributed by atoms with Crippen LogP contribution in [0.15, 0.2) is 15.8 Å². The first-order valence-electron chi connectivity index (χ1n) is 6.84. The fraction of sp³-hybridized carbons (Fsp3) is 0.692. The predicted octanol–water partition coefficient (Wildman–Crippen LogP) is -2.35. The number of nitrogens with one attached hydrogen (secondary N) is 1. The summed E-state index contributed by atoms with van der Waals surface area (Å²) in [6.45, 7) is 1.11. The van der Waals surface area contributed by atoms with Gasteiger partial charge in [-0.05, 0) is 6.92 Å². The van der Waals surface area contributed by atoms with Crippen LogP contribution < -0.4 is 11.2 Å². The molecular weight excluding hydrogens is 296 g/mol. The van der Waals surface area contributed by atoms with E-state index in [1.807, 2.05) is 0 Å². The second kappa shape index (κ2) is 6.31. The van der Waals surface area contributed by atoms with Crippen LogP contribution in [0.1, 0.15) is 12.0 Å². The Morgan fingerprint density at radius 2 is 2.14 bits per heavy atom. The first-order valence-corrected chi connectivity index (χ1v) is 6.84. The number of aliphatic hydroxyl groups is 3. The molecule has 4 atom stereocenters. The lowest BCUT2D eigenvalue weighted by Crippen LogP contribution is -2.52. The van der Waals surface area contributed by atoms with Crippen molar-refractivity contribution in [2.75, 3.05) is 20.3 Å². The summed E-state index contributed by atoms with van der Waals surface area (Å²) in [4.78, 5) is 25.8. The van der Waals surface area contributed by atoms with Gasteiger partial charge in [-0.1, -0.05) is 0 Å². The molecule has 2 rings (SSSR count). The van der Waals surface area contributed by atoms with Gasteiger partial charge in [-0.3, -0.25) is 14.3 Å². The van der Waals surface area contributed by atoms with Crippen LogP contribution in [-0.2, 0) is 15.2 Å². The van der Waals surface area contributed by atoms with E-state index in [0.717, 1.165) is 4.57 Å². The van der Waals surface area contributed by atoms with Crippen molar-refractivity contribution in [3.05, 3.63) is 32.6 Å². The molecule has 0 aliphatic carbocycles. The Morgan fingerprint density at radius 1 is 1.45 bits per heavy atom. The van der Waals surface area contributed by atoms with E-state index in [1.165, 1.54) is 20.2 Å². The molecule has 1 aromatic rings. The first-order chi connectivity index (χ1) is 10.4. The number of hydrogen-bond donors (Lipinski definition) is 4. The van der Waals surface area contributed by atoms with E-state index < -0.39 is 41.9 Å². The molecule has 1 aliphatic heterocycles. The van der Waals surface area contributed by atoms with Crippen molar-refractivity contribution >= 4 is 0 Å². The van der Waals surface area contributed by atoms with Crippen LogP contribution in [0.3, 0.4) is 0 Å². The summed E-state index contributed by atoms with van der Waals surface area (Å²) in [5.41, 5.74) is -2.71. The zero-order chi connectivity index (χ0) is 16.5. The van der Waals surface area contributed by atoms with Gasteiger partial charge in [0.1, 0.15) is 18.3 Å². The van der Waals surface area contributed by atoms with Crippen molar-refractivity contribution in [1.29, 1.82) is 0 Å². The third-order valence-corrected chi connectivity index (χ3v) is 3.89. The maximum atomic E-state index is 12.1. The highest BCUT2D eigenvalue weighted by Crippen LogP contribution is 2.37. The molecule has 124 valence electrons. The van der Waals surface area contributed by atoms with Gasteiger partial charge in [0.2, 0.25) is 0 Å². The lowest BCUT2D eigenvalue weighted by molar-refractivity contribution is -0.161. The number of aliphatic hydroxyl groups excluding tert-OH is 3. The van der Waals surface area contributed by atoms with Crippen LogP contribution in [0, 0.1) is 6.92 Å². The van der Waals surface area contributed by atoms with Gasteiger partial charge in [0, 0.05) is 25.3 Å². The van der Waals surface area contributed by atoms with Crippen LogP contribution in [-0.4, -0.2) is 63.5 Å². The van der Waals surface area contributed by atoms with E-state index in [1.54, 1.807) is 0 Å². The number of nitrogens with zero attached hydrogens (tertiary/aromatic N) is 1. The van der Waals surface area contributed by atoms with Crippen LogP contribution in [0.5, 0.6) is 0 Å². The van der Waals surface area contributed by atoms with Crippen molar-refractivity contribution in [1.82, 2.24) is 9.55 Å². The molecule has 0 unspecified atom stereocenters. The molecule has 0 radical (unpaired) electrons. The Labute approximate surface area is 125 Å². The molecule has 0 amide bonds. The number of methoxy groups -OCH3 is 1. The lowest BCUT2D eigenvalue weighted by Gasteiger charge is -2.33. The van der Waals surface area contributed by atoms with Crippen molar-refractivity contribution in [2.24, 2.45) is 0 Å². The standard InChI is InChI=1S/C13H20N2O7/c1-7-5-15(12(20)14-11(7)19)13(3-4-21-2)10(18)9(17)8(6-16)22-13/h5,8-10,16-18H,3-4,6H2,1-2H3,(H,14,19,20)/t8-,9-,10-,13-/m1/s1. The minimum absolute atomic E-state index is 0.0453. The molecule has 0 spiro atoms. The molecule has 0 saturated carbocycles. The third-order valence-electron chi connectivity index (χ3n) is 3.89. The molecule has 9 heteroatoms. The van der Waals surface area contributed by atoms with Crippen molar-refractivity contribution in [2.45, 2.75) is 37.4 Å². The van der Waals surface area contributed by atoms with Gasteiger partial charge in [0.25, 0.3) is 5.56 Å². The largest absolute Gasteiger partial charge is 0.394 e. The Hall–Kier alpha value is -1.52. The molecule has 9 nitrogen and oxygen atoms in total. The number of aromatic amines is 1. The smallest absolute Gasteiger partial charge is 0.330 e. The van der Waals surface area contributed by atoms with Crippen molar-refractivity contribution in [3.63, 3.8) is 0 Å². The summed E-state index contributed by atoms with van der Waals surface area (Å²) in [5.74, 6) is 0. The molecule has 22 heavy (non-hydrogen) atoms. The van der Waals surface area contributed by atoms with Gasteiger partial charge in [-0.15, -0.1) is 0 Å². The summed E-state index contributed by atoms with van der Waals surface area (Å²) >= 11 is 0. The first kappa shape index (κ1) is 16.8. The Morgan fingerprint density at radius 3 is 2.68 bits per heavy atom. The summed E-state index contributed by atoms with van der Waals surface area (Å²) < 4.78 is 11.6. The Bertz CT molecular complexity index is 640. The van der Waals surface area contributed by atoms with E-state index >= 15 is 0 Å². The van der Waals surface area contributed by atoms with Gasteiger partial charge in [-0.2, -0.15) is 0 Å². The highest BCUT2D eigenvalue weighted by atomic mass is 16.6. The van der Waals surface area contributed by atoms with Gasteiger partial charge >= 0.3 is 5.69 Å². The van der Waals surface area contributed by atoms with E-state index in [9.17, 15) is 24.9 Å². The van der Waals surface area contributed by atoms with E-state index in [2.05, 4.69) is 4.98 Å². The number of aromatic nitrogens is 2. The fourth-order valence-corrected chi connectivity index (χ4v) is 2.64. The number of hydrogen-bond acceptors (Lipinski definition) is 7. The van der Waals surface area contributed by atoms with Crippen LogP contribution in [0.25, 0.3) is 0 Å². The average molecular weight is 316 g/mol. The average Bonchev–Trinajstić information content (AvgIpc) is 2.74. The van der Waals surface area contributed by atoms with Crippen LogP contribution >= 0.6 is 0 Å². The highest BCUT2D eigenvalue weighted by molar-refractivity contribution is 5.07. The van der Waals surface area contributed by atoms with Gasteiger partial charge < -0.3 is 24.8 Å². The second-order valence-electron chi connectivity index (χ2n) is 5.30. The molecule has 0 bridgehead atoms. The number of H-pyrrole nitrogens is 1. The van der Waals surface area contributed by atoms with Crippen LogP contribution in [0.2, 0.25) is 0 Å². The Balaban J connectivity index is 2.58. The molecular formula is C13H20N2O7. The molecule has 1 aliphatic rings. The summed E-state index contributed by atoms with van der Waals surface area (Å²) in [6.07, 6.45) is -2.59. The van der Waals surface area contributed by atoms with Gasteiger partial charge in [0.05, 0.1) is 13.2 Å². The quantitative estimate of drug-likeness (QED) is 0.478. The summed E-state index contributed by atoms with van der Waals surface area (Å²) in [6, 6.07) is 0. The van der Waals surface area contributed by atoms with Gasteiger partial charge in [-0.25, -0.2) is 4.79 Å². The van der Waals surface area contributed by atoms with Crippen LogP contribution in [0.4, 0.5) is 0 Å². The highest BCUT2D eigenvalue weighted by Gasteiger charge is 2.55. The predicted molar refractivity (Wildman–Crippen MR) is 74.5 cm³/mol. The molecule has 1 aromatic heterocycles. The van der Waals surface area contributed by atoms with E-state index in [-0.39, 0.29) is 18.6 Å². The van der Waals surface area contributed by atoms with Gasteiger partial charge in [0.15, 0.2) is 5.72 Å². The molecule has 4 N–H and O–H groups in total. The Kier molecular flexibility index (Phi) is 4.83. The zero-order valence-electron chi connectivity index (χ0n) is 12.4. The maximum absolute atomic E-state index is 12.1. The number of aryl methyl sites for hydroxylation is 1. The lowest BCUT2D eigenvalue weighted by atomic mass is 9.99. The molecule has 2 heterocycles. The fourth-order valence-electron chi connectivity index (χ4n) is 2.64. The van der Waals surface area contributed by atoms with Crippen molar-refractivity contribution < 1.29 is 24.8 Å². The topological polar surface area (TPSA) is 134 Å². The third kappa shape index (κ3) is 2.61. The van der Waals surface area contributed by atoms with E-state index in [4.69, 9.17) is 9.47 Å². The summed E-state index contributed by atoms with van der Waals surface area (Å²) in [7, 11) is 1.44. The zero-order valence-corrected chi connectivity index (χ0v) is 12.4. The number of ether oxygens (including phenoxy) is 2. The number of rotatable bonds is 5. The van der Waals surface area contributed by atoms with Crippen molar-refractivity contribution in [3.8, 4) is 0 Å². The van der Waals surface area contributed by atoms with E-state index in [0.29, 0.717) is 0 Å². The SMILES string of the molecule is COCC[C@@]1(n2cc(C)c(=O)[nH]c2=O)O[C@H](CO)[C@@H](O)[C@H]1O. The molecule has 1 fully saturated rings. The minimum atomic E-state index is -1.63. The minimum Gasteiger partial charge on any atom is -0.394 e. The second-order valence-corrected chi connectivity index (χ2v) is 5.30.